The molecule has 104 valence electrons. The van der Waals surface area contributed by atoms with Crippen LogP contribution in [0.25, 0.3) is 22.6 Å². The van der Waals surface area contributed by atoms with Gasteiger partial charge in [0, 0.05) is 11.1 Å². The molecule has 0 unspecified atom stereocenters. The number of amides is 1. The molecule has 0 atom stereocenters. The predicted octanol–water partition coefficient (Wildman–Crippen LogP) is 2.69. The standard InChI is InChI=1S/C16H13N3O2/c17-15-14(16(18)20)11(13-7-4-8-21-13)9-12(19-15)10-5-2-1-3-6-10/h1-9H,(H2,17,19)(H2,18,20). The summed E-state index contributed by atoms with van der Waals surface area (Å²) in [5.41, 5.74) is 13.6. The van der Waals surface area contributed by atoms with Crippen molar-refractivity contribution in [1.29, 1.82) is 0 Å². The quantitative estimate of drug-likeness (QED) is 0.770. The highest BCUT2D eigenvalue weighted by Gasteiger charge is 2.19. The monoisotopic (exact) mass is 279 g/mol. The number of hydrogen-bond acceptors (Lipinski definition) is 4. The van der Waals surface area contributed by atoms with E-state index in [1.807, 2.05) is 30.3 Å². The molecule has 0 spiro atoms. The zero-order valence-electron chi connectivity index (χ0n) is 11.1. The van der Waals surface area contributed by atoms with Gasteiger partial charge in [-0.1, -0.05) is 30.3 Å². The summed E-state index contributed by atoms with van der Waals surface area (Å²) in [4.78, 5) is 15.9. The molecule has 3 rings (SSSR count). The van der Waals surface area contributed by atoms with E-state index in [4.69, 9.17) is 15.9 Å². The molecular formula is C16H13N3O2. The van der Waals surface area contributed by atoms with Crippen molar-refractivity contribution in [3.05, 3.63) is 60.4 Å². The van der Waals surface area contributed by atoms with Crippen LogP contribution in [0.1, 0.15) is 10.4 Å². The molecule has 5 heteroatoms. The summed E-state index contributed by atoms with van der Waals surface area (Å²) in [6.45, 7) is 0. The Bertz CT molecular complexity index is 781. The molecule has 1 amide bonds. The van der Waals surface area contributed by atoms with E-state index in [0.29, 0.717) is 17.0 Å². The van der Waals surface area contributed by atoms with Crippen molar-refractivity contribution in [1.82, 2.24) is 4.98 Å². The molecule has 0 aliphatic heterocycles. The normalized spacial score (nSPS) is 10.5. The number of carbonyl (C=O) groups excluding carboxylic acids is 1. The minimum Gasteiger partial charge on any atom is -0.464 e. The van der Waals surface area contributed by atoms with Gasteiger partial charge in [0.15, 0.2) is 0 Å². The van der Waals surface area contributed by atoms with Crippen molar-refractivity contribution in [3.63, 3.8) is 0 Å². The molecule has 2 heterocycles. The fourth-order valence-electron chi connectivity index (χ4n) is 2.21. The van der Waals surface area contributed by atoms with Crippen LogP contribution in [0.15, 0.2) is 59.2 Å². The maximum atomic E-state index is 11.6. The highest BCUT2D eigenvalue weighted by atomic mass is 16.3. The summed E-state index contributed by atoms with van der Waals surface area (Å²) in [5, 5.41) is 0. The molecule has 0 radical (unpaired) electrons. The van der Waals surface area contributed by atoms with Gasteiger partial charge >= 0.3 is 0 Å². The second-order valence-corrected chi connectivity index (χ2v) is 4.52. The van der Waals surface area contributed by atoms with Gasteiger partial charge in [-0.25, -0.2) is 4.98 Å². The van der Waals surface area contributed by atoms with Crippen LogP contribution >= 0.6 is 0 Å². The van der Waals surface area contributed by atoms with Crippen molar-refractivity contribution in [2.75, 3.05) is 5.73 Å². The number of nitrogens with two attached hydrogens (primary N) is 2. The maximum Gasteiger partial charge on any atom is 0.253 e. The van der Waals surface area contributed by atoms with E-state index in [0.717, 1.165) is 5.56 Å². The predicted molar refractivity (Wildman–Crippen MR) is 80.3 cm³/mol. The topological polar surface area (TPSA) is 95.1 Å². The maximum absolute atomic E-state index is 11.6. The van der Waals surface area contributed by atoms with Gasteiger partial charge in [-0.15, -0.1) is 0 Å². The first-order chi connectivity index (χ1) is 10.2. The first-order valence-electron chi connectivity index (χ1n) is 6.36. The lowest BCUT2D eigenvalue weighted by molar-refractivity contribution is 0.100. The number of nitrogens with zero attached hydrogens (tertiary/aromatic N) is 1. The number of anilines is 1. The fraction of sp³-hybridized carbons (Fsp3) is 0. The summed E-state index contributed by atoms with van der Waals surface area (Å²) < 4.78 is 5.37. The fourth-order valence-corrected chi connectivity index (χ4v) is 2.21. The number of rotatable bonds is 3. The molecule has 1 aromatic carbocycles. The van der Waals surface area contributed by atoms with Crippen LogP contribution in [0.2, 0.25) is 0 Å². The number of pyridine rings is 1. The summed E-state index contributed by atoms with van der Waals surface area (Å²) in [7, 11) is 0. The molecular weight excluding hydrogens is 266 g/mol. The van der Waals surface area contributed by atoms with E-state index < -0.39 is 5.91 Å². The van der Waals surface area contributed by atoms with Crippen molar-refractivity contribution in [2.24, 2.45) is 5.73 Å². The Balaban J connectivity index is 2.25. The molecule has 21 heavy (non-hydrogen) atoms. The summed E-state index contributed by atoms with van der Waals surface area (Å²) >= 11 is 0. The molecule has 4 N–H and O–H groups in total. The van der Waals surface area contributed by atoms with E-state index in [1.54, 1.807) is 18.2 Å². The van der Waals surface area contributed by atoms with Crippen LogP contribution in [0.5, 0.6) is 0 Å². The number of furan rings is 1. The molecule has 0 saturated carbocycles. The minimum atomic E-state index is -0.633. The van der Waals surface area contributed by atoms with E-state index in [1.165, 1.54) is 6.26 Å². The Kier molecular flexibility index (Phi) is 3.16. The summed E-state index contributed by atoms with van der Waals surface area (Å²) in [5.74, 6) is -0.0173. The number of primary amides is 1. The third-order valence-electron chi connectivity index (χ3n) is 3.15. The minimum absolute atomic E-state index is 0.0928. The van der Waals surface area contributed by atoms with E-state index in [9.17, 15) is 4.79 Å². The van der Waals surface area contributed by atoms with Crippen molar-refractivity contribution in [3.8, 4) is 22.6 Å². The smallest absolute Gasteiger partial charge is 0.253 e. The van der Waals surface area contributed by atoms with Gasteiger partial charge in [0.05, 0.1) is 17.5 Å². The number of aromatic nitrogens is 1. The van der Waals surface area contributed by atoms with Crippen LogP contribution < -0.4 is 11.5 Å². The average molecular weight is 279 g/mol. The van der Waals surface area contributed by atoms with Gasteiger partial charge < -0.3 is 15.9 Å². The lowest BCUT2D eigenvalue weighted by atomic mass is 10.0. The van der Waals surface area contributed by atoms with E-state index in [-0.39, 0.29) is 11.4 Å². The Labute approximate surface area is 121 Å². The second kappa shape index (κ2) is 5.13. The lowest BCUT2D eigenvalue weighted by Crippen LogP contribution is -2.16. The first kappa shape index (κ1) is 12.9. The van der Waals surface area contributed by atoms with E-state index in [2.05, 4.69) is 4.98 Å². The van der Waals surface area contributed by atoms with Gasteiger partial charge in [0.2, 0.25) is 0 Å². The largest absolute Gasteiger partial charge is 0.464 e. The molecule has 0 fully saturated rings. The average Bonchev–Trinajstić information content (AvgIpc) is 3.01. The van der Waals surface area contributed by atoms with E-state index >= 15 is 0 Å². The Hall–Kier alpha value is -3.08. The Morgan fingerprint density at radius 1 is 1.10 bits per heavy atom. The Morgan fingerprint density at radius 2 is 1.86 bits per heavy atom. The lowest BCUT2D eigenvalue weighted by Gasteiger charge is -2.10. The zero-order valence-corrected chi connectivity index (χ0v) is 11.1. The highest BCUT2D eigenvalue weighted by Crippen LogP contribution is 2.31. The number of nitrogen functional groups attached to an aromatic ring is 1. The highest BCUT2D eigenvalue weighted by molar-refractivity contribution is 6.04. The van der Waals surface area contributed by atoms with Crippen molar-refractivity contribution >= 4 is 11.7 Å². The molecule has 0 aliphatic rings. The van der Waals surface area contributed by atoms with Crippen molar-refractivity contribution in [2.45, 2.75) is 0 Å². The van der Waals surface area contributed by atoms with Gasteiger partial charge in [-0.05, 0) is 18.2 Å². The molecule has 0 aliphatic carbocycles. The third-order valence-corrected chi connectivity index (χ3v) is 3.15. The number of benzene rings is 1. The van der Waals surface area contributed by atoms with Gasteiger partial charge in [-0.3, -0.25) is 4.79 Å². The van der Waals surface area contributed by atoms with Crippen LogP contribution in [-0.2, 0) is 0 Å². The number of carbonyl (C=O) groups is 1. The third kappa shape index (κ3) is 2.36. The van der Waals surface area contributed by atoms with Crippen LogP contribution in [0.4, 0.5) is 5.82 Å². The number of hydrogen-bond donors (Lipinski definition) is 2. The van der Waals surface area contributed by atoms with Crippen LogP contribution in [0, 0.1) is 0 Å². The molecule has 0 saturated heterocycles. The van der Waals surface area contributed by atoms with Gasteiger partial charge in [0.1, 0.15) is 11.6 Å². The summed E-state index contributed by atoms with van der Waals surface area (Å²) in [6, 6.07) is 14.8. The van der Waals surface area contributed by atoms with Gasteiger partial charge in [-0.2, -0.15) is 0 Å². The molecule has 2 aromatic heterocycles. The molecule has 3 aromatic rings. The van der Waals surface area contributed by atoms with Crippen molar-refractivity contribution < 1.29 is 9.21 Å². The van der Waals surface area contributed by atoms with Crippen LogP contribution in [-0.4, -0.2) is 10.9 Å². The molecule has 0 bridgehead atoms. The molecule has 5 nitrogen and oxygen atoms in total. The second-order valence-electron chi connectivity index (χ2n) is 4.52. The zero-order chi connectivity index (χ0) is 14.8. The van der Waals surface area contributed by atoms with Crippen LogP contribution in [0.3, 0.4) is 0 Å². The van der Waals surface area contributed by atoms with Gasteiger partial charge in [0.25, 0.3) is 5.91 Å². The first-order valence-corrected chi connectivity index (χ1v) is 6.36. The SMILES string of the molecule is NC(=O)c1c(-c2ccco2)cc(-c2ccccc2)nc1N. The Morgan fingerprint density at radius 3 is 2.48 bits per heavy atom. The summed E-state index contributed by atoms with van der Waals surface area (Å²) in [6.07, 6.45) is 1.53.